The maximum absolute atomic E-state index is 11.7. The molecule has 0 bridgehead atoms. The number of rotatable bonds is 7. The Morgan fingerprint density at radius 3 is 2.73 bits per heavy atom. The molecule has 0 unspecified atom stereocenters. The third-order valence-corrected chi connectivity index (χ3v) is 3.87. The maximum atomic E-state index is 11.7. The van der Waals surface area contributed by atoms with E-state index in [0.717, 1.165) is 0 Å². The van der Waals surface area contributed by atoms with Crippen molar-refractivity contribution < 1.29 is 14.5 Å². The predicted octanol–water partition coefficient (Wildman–Crippen LogP) is 3.99. The lowest BCUT2D eigenvalue weighted by molar-refractivity contribution is -0.385. The van der Waals surface area contributed by atoms with Gasteiger partial charge in [0, 0.05) is 22.2 Å². The van der Waals surface area contributed by atoms with Gasteiger partial charge in [-0.2, -0.15) is 5.10 Å². The SMILES string of the molecule is CCc1ccc(/C=N\NC(=O)COc2ccc(Cl)cc2Cl)cc1[N+](=O)[O-]. The Labute approximate surface area is 159 Å². The van der Waals surface area contributed by atoms with E-state index in [1.807, 2.05) is 6.92 Å². The number of nitrogens with one attached hydrogen (secondary N) is 1. The van der Waals surface area contributed by atoms with Gasteiger partial charge < -0.3 is 4.74 Å². The highest BCUT2D eigenvalue weighted by molar-refractivity contribution is 6.35. The number of carbonyl (C=O) groups excluding carboxylic acids is 1. The highest BCUT2D eigenvalue weighted by atomic mass is 35.5. The zero-order chi connectivity index (χ0) is 19.1. The predicted molar refractivity (Wildman–Crippen MR) is 100 cm³/mol. The van der Waals surface area contributed by atoms with Crippen molar-refractivity contribution in [2.24, 2.45) is 5.10 Å². The number of nitrogens with zero attached hydrogens (tertiary/aromatic N) is 2. The molecule has 0 aliphatic carbocycles. The summed E-state index contributed by atoms with van der Waals surface area (Å²) >= 11 is 11.7. The van der Waals surface area contributed by atoms with Crippen LogP contribution in [0.25, 0.3) is 0 Å². The maximum Gasteiger partial charge on any atom is 0.277 e. The van der Waals surface area contributed by atoms with Crippen LogP contribution in [0.4, 0.5) is 5.69 Å². The number of hydrogen-bond acceptors (Lipinski definition) is 5. The molecule has 2 rings (SSSR count). The number of hydrogen-bond donors (Lipinski definition) is 1. The number of nitro groups is 1. The highest BCUT2D eigenvalue weighted by Crippen LogP contribution is 2.27. The number of hydrazone groups is 1. The van der Waals surface area contributed by atoms with E-state index in [2.05, 4.69) is 10.5 Å². The second-order valence-electron chi connectivity index (χ2n) is 5.16. The molecule has 0 atom stereocenters. The van der Waals surface area contributed by atoms with Gasteiger partial charge >= 0.3 is 0 Å². The second kappa shape index (κ2) is 9.17. The van der Waals surface area contributed by atoms with E-state index in [1.54, 1.807) is 24.3 Å². The molecule has 26 heavy (non-hydrogen) atoms. The lowest BCUT2D eigenvalue weighted by Crippen LogP contribution is -2.24. The number of nitro benzene ring substituents is 1. The van der Waals surface area contributed by atoms with E-state index in [9.17, 15) is 14.9 Å². The van der Waals surface area contributed by atoms with Crippen molar-refractivity contribution in [1.29, 1.82) is 0 Å². The molecule has 2 aromatic carbocycles. The standard InChI is InChI=1S/C17H15Cl2N3O4/c1-2-12-4-3-11(7-15(12)22(24)25)9-20-21-17(23)10-26-16-6-5-13(18)8-14(16)19/h3-9H,2,10H2,1H3,(H,21,23)/b20-9-. The van der Waals surface area contributed by atoms with Crippen LogP contribution in [0.3, 0.4) is 0 Å². The number of carbonyl (C=O) groups is 1. The first-order valence-corrected chi connectivity index (χ1v) is 8.33. The average Bonchev–Trinajstić information content (AvgIpc) is 2.60. The summed E-state index contributed by atoms with van der Waals surface area (Å²) in [5.74, 6) is -0.187. The number of halogens is 2. The van der Waals surface area contributed by atoms with Crippen molar-refractivity contribution in [2.75, 3.05) is 6.61 Å². The van der Waals surface area contributed by atoms with Gasteiger partial charge in [-0.1, -0.05) is 42.3 Å². The van der Waals surface area contributed by atoms with Crippen LogP contribution in [0.1, 0.15) is 18.1 Å². The zero-order valence-electron chi connectivity index (χ0n) is 13.7. The smallest absolute Gasteiger partial charge is 0.277 e. The van der Waals surface area contributed by atoms with Gasteiger partial charge in [0.1, 0.15) is 5.75 Å². The second-order valence-corrected chi connectivity index (χ2v) is 6.00. The van der Waals surface area contributed by atoms with Gasteiger partial charge in [0.25, 0.3) is 11.6 Å². The van der Waals surface area contributed by atoms with Crippen LogP contribution in [0.15, 0.2) is 41.5 Å². The fourth-order valence-electron chi connectivity index (χ4n) is 2.08. The highest BCUT2D eigenvalue weighted by Gasteiger charge is 2.12. The number of ether oxygens (including phenoxy) is 1. The van der Waals surface area contributed by atoms with Crippen LogP contribution in [-0.4, -0.2) is 23.7 Å². The first-order chi connectivity index (χ1) is 12.4. The summed E-state index contributed by atoms with van der Waals surface area (Å²) < 4.78 is 5.27. The first-order valence-electron chi connectivity index (χ1n) is 7.57. The van der Waals surface area contributed by atoms with E-state index in [0.29, 0.717) is 28.3 Å². The summed E-state index contributed by atoms with van der Waals surface area (Å²) in [6.07, 6.45) is 1.87. The van der Waals surface area contributed by atoms with E-state index in [1.165, 1.54) is 18.3 Å². The molecule has 7 nitrogen and oxygen atoms in total. The molecule has 0 saturated carbocycles. The molecule has 0 aromatic heterocycles. The molecule has 136 valence electrons. The average molecular weight is 396 g/mol. The van der Waals surface area contributed by atoms with Crippen molar-refractivity contribution in [3.05, 3.63) is 67.7 Å². The fraction of sp³-hybridized carbons (Fsp3) is 0.176. The summed E-state index contributed by atoms with van der Waals surface area (Å²) in [7, 11) is 0. The van der Waals surface area contributed by atoms with Crippen LogP contribution in [0.5, 0.6) is 5.75 Å². The molecule has 0 aliphatic heterocycles. The Kier molecular flexibility index (Phi) is 6.94. The van der Waals surface area contributed by atoms with Crippen LogP contribution < -0.4 is 10.2 Å². The van der Waals surface area contributed by atoms with Crippen LogP contribution in [-0.2, 0) is 11.2 Å². The third-order valence-electron chi connectivity index (χ3n) is 3.34. The molecular weight excluding hydrogens is 381 g/mol. The number of aryl methyl sites for hydroxylation is 1. The first kappa shape index (κ1) is 19.7. The third kappa shape index (κ3) is 5.44. The Bertz CT molecular complexity index is 856. The molecule has 0 heterocycles. The lowest BCUT2D eigenvalue weighted by Gasteiger charge is -2.07. The largest absolute Gasteiger partial charge is 0.482 e. The normalized spacial score (nSPS) is 10.7. The Morgan fingerprint density at radius 1 is 1.31 bits per heavy atom. The van der Waals surface area contributed by atoms with Crippen LogP contribution in [0.2, 0.25) is 10.0 Å². The van der Waals surface area contributed by atoms with E-state index >= 15 is 0 Å². The number of benzene rings is 2. The Balaban J connectivity index is 1.92. The van der Waals surface area contributed by atoms with E-state index < -0.39 is 10.8 Å². The Hall–Kier alpha value is -2.64. The molecule has 0 spiro atoms. The quantitative estimate of drug-likeness (QED) is 0.435. The minimum absolute atomic E-state index is 0.0171. The van der Waals surface area contributed by atoms with Gasteiger partial charge in [0.15, 0.2) is 6.61 Å². The molecule has 0 radical (unpaired) electrons. The van der Waals surface area contributed by atoms with Gasteiger partial charge in [-0.25, -0.2) is 5.43 Å². The molecule has 2 aromatic rings. The molecule has 1 amide bonds. The zero-order valence-corrected chi connectivity index (χ0v) is 15.3. The van der Waals surface area contributed by atoms with Crippen molar-refractivity contribution in [1.82, 2.24) is 5.43 Å². The molecule has 0 saturated heterocycles. The van der Waals surface area contributed by atoms with Gasteiger partial charge in [-0.15, -0.1) is 0 Å². The lowest BCUT2D eigenvalue weighted by atomic mass is 10.1. The number of amides is 1. The summed E-state index contributed by atoms with van der Waals surface area (Å²) in [5, 5.41) is 15.6. The topological polar surface area (TPSA) is 93.8 Å². The van der Waals surface area contributed by atoms with Crippen molar-refractivity contribution in [3.8, 4) is 5.75 Å². The van der Waals surface area contributed by atoms with Crippen molar-refractivity contribution >= 4 is 41.0 Å². The van der Waals surface area contributed by atoms with Crippen molar-refractivity contribution in [3.63, 3.8) is 0 Å². The summed E-state index contributed by atoms with van der Waals surface area (Å²) in [5.41, 5.74) is 3.42. The van der Waals surface area contributed by atoms with E-state index in [4.69, 9.17) is 27.9 Å². The Morgan fingerprint density at radius 2 is 2.08 bits per heavy atom. The molecule has 9 heteroatoms. The van der Waals surface area contributed by atoms with Gasteiger partial charge in [-0.3, -0.25) is 14.9 Å². The molecule has 0 fully saturated rings. The van der Waals surface area contributed by atoms with Gasteiger partial charge in [-0.05, 0) is 24.6 Å². The summed E-state index contributed by atoms with van der Waals surface area (Å²) in [6, 6.07) is 9.39. The van der Waals surface area contributed by atoms with E-state index in [-0.39, 0.29) is 17.3 Å². The van der Waals surface area contributed by atoms with Crippen LogP contribution >= 0.6 is 23.2 Å². The molecular formula is C17H15Cl2N3O4. The minimum atomic E-state index is -0.507. The summed E-state index contributed by atoms with van der Waals surface area (Å²) in [6.45, 7) is 1.54. The minimum Gasteiger partial charge on any atom is -0.482 e. The van der Waals surface area contributed by atoms with Gasteiger partial charge in [0.05, 0.1) is 16.2 Å². The van der Waals surface area contributed by atoms with Crippen molar-refractivity contribution in [2.45, 2.75) is 13.3 Å². The fourth-order valence-corrected chi connectivity index (χ4v) is 2.54. The summed E-state index contributed by atoms with van der Waals surface area (Å²) in [4.78, 5) is 22.3. The molecule has 0 aliphatic rings. The van der Waals surface area contributed by atoms with Crippen LogP contribution in [0, 0.1) is 10.1 Å². The monoisotopic (exact) mass is 395 g/mol. The molecule has 1 N–H and O–H groups in total. The van der Waals surface area contributed by atoms with Gasteiger partial charge in [0.2, 0.25) is 0 Å².